The van der Waals surface area contributed by atoms with Crippen molar-refractivity contribution in [2.45, 2.75) is 70.0 Å². The molecule has 1 saturated carbocycles. The fraction of sp³-hybridized carbons (Fsp3) is 0.552. The molecule has 0 aromatic heterocycles. The first kappa shape index (κ1) is 28.6. The molecular formula is C29H39NO7. The van der Waals surface area contributed by atoms with Gasteiger partial charge in [-0.3, -0.25) is 14.4 Å². The van der Waals surface area contributed by atoms with Gasteiger partial charge in [0.1, 0.15) is 11.7 Å². The Balaban J connectivity index is 1.83. The van der Waals surface area contributed by atoms with Crippen LogP contribution in [0.5, 0.6) is 0 Å². The average Bonchev–Trinajstić information content (AvgIpc) is 3.58. The van der Waals surface area contributed by atoms with Gasteiger partial charge < -0.3 is 24.6 Å². The van der Waals surface area contributed by atoms with E-state index in [9.17, 15) is 19.5 Å². The molecule has 2 aliphatic rings. The van der Waals surface area contributed by atoms with Crippen LogP contribution < -0.4 is 5.32 Å². The van der Waals surface area contributed by atoms with Crippen molar-refractivity contribution in [2.75, 3.05) is 7.11 Å². The molecule has 1 heterocycles. The number of allylic oxidation sites excluding steroid dienone is 1. The van der Waals surface area contributed by atoms with Gasteiger partial charge in [0.2, 0.25) is 6.41 Å². The van der Waals surface area contributed by atoms with Crippen molar-refractivity contribution in [3.05, 3.63) is 60.4 Å². The molecule has 1 amide bonds. The number of amides is 1. The Labute approximate surface area is 219 Å². The van der Waals surface area contributed by atoms with Gasteiger partial charge in [-0.2, -0.15) is 0 Å². The van der Waals surface area contributed by atoms with Gasteiger partial charge in [0.15, 0.2) is 5.78 Å². The number of carbonyl (C=O) groups excluding carboxylic acids is 3. The molecule has 1 saturated heterocycles. The molecule has 0 radical (unpaired) electrons. The molecule has 1 aromatic carbocycles. The second-order valence-electron chi connectivity index (χ2n) is 10.6. The molecule has 2 fully saturated rings. The Morgan fingerprint density at radius 3 is 2.62 bits per heavy atom. The summed E-state index contributed by atoms with van der Waals surface area (Å²) in [6.45, 7) is 7.78. The number of fused-ring (bicyclic) bond motifs is 1. The van der Waals surface area contributed by atoms with Gasteiger partial charge in [-0.15, -0.1) is 0 Å². The first-order valence-electron chi connectivity index (χ1n) is 12.7. The van der Waals surface area contributed by atoms with Crippen molar-refractivity contribution in [1.29, 1.82) is 0 Å². The second-order valence-corrected chi connectivity index (χ2v) is 10.6. The van der Waals surface area contributed by atoms with Crippen LogP contribution in [-0.4, -0.2) is 60.3 Å². The quantitative estimate of drug-likeness (QED) is 0.170. The Hall–Kier alpha value is -2.97. The maximum atomic E-state index is 12.7. The summed E-state index contributed by atoms with van der Waals surface area (Å²) in [7, 11) is 1.45. The van der Waals surface area contributed by atoms with Crippen molar-refractivity contribution in [1.82, 2.24) is 5.32 Å². The monoisotopic (exact) mass is 513 g/mol. The number of carbonyl (C=O) groups is 3. The molecule has 3 rings (SSSR count). The summed E-state index contributed by atoms with van der Waals surface area (Å²) >= 11 is 0. The Morgan fingerprint density at radius 1 is 1.30 bits per heavy atom. The third-order valence-corrected chi connectivity index (χ3v) is 8.06. The van der Waals surface area contributed by atoms with E-state index in [1.807, 2.05) is 42.5 Å². The van der Waals surface area contributed by atoms with Crippen LogP contribution in [0.25, 0.3) is 0 Å². The van der Waals surface area contributed by atoms with Crippen LogP contribution in [0.4, 0.5) is 0 Å². The summed E-state index contributed by atoms with van der Waals surface area (Å²) < 4.78 is 16.7. The Bertz CT molecular complexity index is 991. The number of hydrogen-bond acceptors (Lipinski definition) is 7. The van der Waals surface area contributed by atoms with E-state index in [1.165, 1.54) is 26.4 Å². The SMILES string of the molecule is CO/C=C/C(C)(O)C(=O)C(C)C/C=C/C1C(OC=O)C(C(Cc2ccccc2)NC=O)C(C)C2(C)OC12. The van der Waals surface area contributed by atoms with E-state index in [4.69, 9.17) is 14.2 Å². The lowest BCUT2D eigenvalue weighted by Crippen LogP contribution is -2.56. The van der Waals surface area contributed by atoms with Gasteiger partial charge in [0, 0.05) is 23.8 Å². The molecule has 8 heteroatoms. The van der Waals surface area contributed by atoms with E-state index in [2.05, 4.69) is 19.2 Å². The number of epoxide rings is 1. The van der Waals surface area contributed by atoms with Gasteiger partial charge in [-0.25, -0.2) is 0 Å². The maximum absolute atomic E-state index is 12.7. The zero-order valence-corrected chi connectivity index (χ0v) is 22.2. The Morgan fingerprint density at radius 2 is 2.00 bits per heavy atom. The van der Waals surface area contributed by atoms with Gasteiger partial charge >= 0.3 is 0 Å². The maximum Gasteiger partial charge on any atom is 0.293 e. The minimum atomic E-state index is -1.64. The highest BCUT2D eigenvalue weighted by atomic mass is 16.6. The largest absolute Gasteiger partial charge is 0.505 e. The first-order valence-corrected chi connectivity index (χ1v) is 12.7. The summed E-state index contributed by atoms with van der Waals surface area (Å²) in [6, 6.07) is 9.58. The molecule has 0 spiro atoms. The molecule has 9 atom stereocenters. The lowest BCUT2D eigenvalue weighted by molar-refractivity contribution is -0.143. The van der Waals surface area contributed by atoms with E-state index in [1.54, 1.807) is 6.92 Å². The number of aliphatic hydroxyl groups is 1. The number of benzene rings is 1. The molecule has 8 nitrogen and oxygen atoms in total. The molecule has 1 aliphatic heterocycles. The third-order valence-electron chi connectivity index (χ3n) is 8.06. The van der Waals surface area contributed by atoms with Crippen LogP contribution in [0.2, 0.25) is 0 Å². The summed E-state index contributed by atoms with van der Waals surface area (Å²) in [5.74, 6) is -1.22. The van der Waals surface area contributed by atoms with Crippen LogP contribution in [0.3, 0.4) is 0 Å². The number of methoxy groups -OCH3 is 1. The van der Waals surface area contributed by atoms with E-state index >= 15 is 0 Å². The minimum absolute atomic E-state index is 0.0106. The number of hydrogen-bond donors (Lipinski definition) is 2. The number of ketones is 1. The third kappa shape index (κ3) is 6.30. The van der Waals surface area contributed by atoms with E-state index < -0.39 is 23.2 Å². The summed E-state index contributed by atoms with van der Waals surface area (Å²) in [4.78, 5) is 36.0. The van der Waals surface area contributed by atoms with Crippen molar-refractivity contribution in [3.8, 4) is 0 Å². The number of rotatable bonds is 14. The highest BCUT2D eigenvalue weighted by Crippen LogP contribution is 2.57. The van der Waals surface area contributed by atoms with Crippen LogP contribution in [0.15, 0.2) is 54.8 Å². The highest BCUT2D eigenvalue weighted by Gasteiger charge is 2.68. The Kier molecular flexibility index (Phi) is 9.31. The van der Waals surface area contributed by atoms with Crippen LogP contribution in [0.1, 0.15) is 39.7 Å². The van der Waals surface area contributed by atoms with Gasteiger partial charge in [-0.05, 0) is 44.2 Å². The van der Waals surface area contributed by atoms with Gasteiger partial charge in [-0.1, -0.05) is 56.3 Å². The average molecular weight is 514 g/mol. The molecule has 9 unspecified atom stereocenters. The predicted molar refractivity (Wildman–Crippen MR) is 138 cm³/mol. The summed E-state index contributed by atoms with van der Waals surface area (Å²) in [5, 5.41) is 13.4. The normalized spacial score (nSPS) is 32.1. The molecule has 0 bridgehead atoms. The molecular weight excluding hydrogens is 474 g/mol. The van der Waals surface area contributed by atoms with E-state index in [-0.39, 0.29) is 35.7 Å². The predicted octanol–water partition coefficient (Wildman–Crippen LogP) is 2.99. The zero-order chi connectivity index (χ0) is 27.2. The van der Waals surface area contributed by atoms with Crippen LogP contribution >= 0.6 is 0 Å². The lowest BCUT2D eigenvalue weighted by Gasteiger charge is -2.44. The fourth-order valence-corrected chi connectivity index (χ4v) is 5.79. The highest BCUT2D eigenvalue weighted by molar-refractivity contribution is 5.90. The smallest absolute Gasteiger partial charge is 0.293 e. The van der Waals surface area contributed by atoms with Gasteiger partial charge in [0.25, 0.3) is 6.47 Å². The van der Waals surface area contributed by atoms with Crippen LogP contribution in [0, 0.1) is 23.7 Å². The van der Waals surface area contributed by atoms with Crippen LogP contribution in [-0.2, 0) is 35.0 Å². The van der Waals surface area contributed by atoms with Crippen molar-refractivity contribution >= 4 is 18.7 Å². The molecule has 202 valence electrons. The van der Waals surface area contributed by atoms with Crippen molar-refractivity contribution in [3.63, 3.8) is 0 Å². The second kappa shape index (κ2) is 12.0. The number of Topliss-reactive ketones (excluding diaryl/α,β-unsaturated/α-hetero) is 1. The standard InChI is InChI=1S/C29H39NO7/c1-19(26(33)28(3,34)14-15-35-5)10-9-13-22-25(36-18-32)24(20(2)29(4)27(22)37-29)23(30-17-31)16-21-11-7-6-8-12-21/h6-9,11-15,17-20,22-25,27,34H,10,16H2,1-5H3,(H,30,31)/b13-9+,15-14+. The number of ether oxygens (including phenoxy) is 3. The van der Waals surface area contributed by atoms with Gasteiger partial charge in [0.05, 0.1) is 25.1 Å². The number of nitrogens with one attached hydrogen (secondary N) is 1. The molecule has 1 aromatic rings. The molecule has 37 heavy (non-hydrogen) atoms. The van der Waals surface area contributed by atoms with E-state index in [0.29, 0.717) is 25.7 Å². The fourth-order valence-electron chi connectivity index (χ4n) is 5.79. The topological polar surface area (TPSA) is 114 Å². The summed E-state index contributed by atoms with van der Waals surface area (Å²) in [6.07, 6.45) is 7.46. The van der Waals surface area contributed by atoms with Crippen molar-refractivity contribution in [2.24, 2.45) is 23.7 Å². The zero-order valence-electron chi connectivity index (χ0n) is 22.2. The summed E-state index contributed by atoms with van der Waals surface area (Å²) in [5.41, 5.74) is -0.990. The first-order chi connectivity index (χ1) is 17.6. The molecule has 2 N–H and O–H groups in total. The van der Waals surface area contributed by atoms with Crippen molar-refractivity contribution < 1.29 is 33.7 Å². The minimum Gasteiger partial charge on any atom is -0.505 e. The lowest BCUT2D eigenvalue weighted by atomic mass is 9.64. The molecule has 1 aliphatic carbocycles. The van der Waals surface area contributed by atoms with E-state index in [0.717, 1.165) is 5.56 Å².